The predicted molar refractivity (Wildman–Crippen MR) is 81.6 cm³/mol. The zero-order valence-electron chi connectivity index (χ0n) is 13.0. The molecule has 0 atom stereocenters. The highest BCUT2D eigenvalue weighted by atomic mass is 32.2. The molecule has 134 valence electrons. The van der Waals surface area contributed by atoms with E-state index in [9.17, 15) is 26.4 Å². The lowest BCUT2D eigenvalue weighted by atomic mass is 10.1. The van der Waals surface area contributed by atoms with E-state index in [0.717, 1.165) is 12.3 Å². The maximum atomic E-state index is 14.2. The Morgan fingerprint density at radius 3 is 2.48 bits per heavy atom. The van der Waals surface area contributed by atoms with Crippen LogP contribution in [-0.2, 0) is 16.6 Å². The molecule has 2 aromatic rings. The lowest BCUT2D eigenvalue weighted by Crippen LogP contribution is -2.25. The summed E-state index contributed by atoms with van der Waals surface area (Å²) in [6.07, 6.45) is -2.26. The van der Waals surface area contributed by atoms with Crippen molar-refractivity contribution < 1.29 is 21.6 Å². The van der Waals surface area contributed by atoms with E-state index < -0.39 is 39.5 Å². The molecule has 0 saturated heterocycles. The molecule has 8 nitrogen and oxygen atoms in total. The lowest BCUT2D eigenvalue weighted by Gasteiger charge is -2.09. The van der Waals surface area contributed by atoms with Gasteiger partial charge in [0, 0.05) is 6.54 Å². The van der Waals surface area contributed by atoms with E-state index in [2.05, 4.69) is 5.10 Å². The van der Waals surface area contributed by atoms with Gasteiger partial charge in [0.05, 0.1) is 17.5 Å². The second-order valence-corrected chi connectivity index (χ2v) is 6.68. The van der Waals surface area contributed by atoms with Crippen molar-refractivity contribution in [2.45, 2.75) is 19.9 Å². The van der Waals surface area contributed by atoms with Crippen LogP contribution in [0.1, 0.15) is 24.7 Å². The van der Waals surface area contributed by atoms with Crippen LogP contribution >= 0.6 is 0 Å². The van der Waals surface area contributed by atoms with Crippen LogP contribution in [-0.4, -0.2) is 29.0 Å². The summed E-state index contributed by atoms with van der Waals surface area (Å²) >= 11 is 0. The largest absolute Gasteiger partial charge is 0.350 e. The number of hydrogen-bond acceptors (Lipinski definition) is 5. The predicted octanol–water partition coefficient (Wildman–Crippen LogP) is 1.37. The van der Waals surface area contributed by atoms with Crippen LogP contribution in [0.5, 0.6) is 0 Å². The Morgan fingerprint density at radius 1 is 1.40 bits per heavy atom. The van der Waals surface area contributed by atoms with Crippen molar-refractivity contribution >= 4 is 15.7 Å². The number of alkyl halides is 2. The third kappa shape index (κ3) is 3.66. The number of rotatable bonds is 5. The average molecular weight is 375 g/mol. The summed E-state index contributed by atoms with van der Waals surface area (Å²) < 4.78 is 66.0. The minimum Gasteiger partial charge on any atom is -0.282 e. The molecule has 0 saturated carbocycles. The van der Waals surface area contributed by atoms with Gasteiger partial charge in [-0.2, -0.15) is 9.94 Å². The zero-order chi connectivity index (χ0) is 18.9. The van der Waals surface area contributed by atoms with Crippen LogP contribution < -0.4 is 10.4 Å². The summed E-state index contributed by atoms with van der Waals surface area (Å²) in [4.78, 5) is 12.2. The minimum absolute atomic E-state index is 0.120. The maximum Gasteiger partial charge on any atom is 0.350 e. The van der Waals surface area contributed by atoms with Crippen LogP contribution in [0.15, 0.2) is 16.9 Å². The summed E-state index contributed by atoms with van der Waals surface area (Å²) in [7, 11) is -3.81. The fraction of sp³-hybridized carbons (Fsp3) is 0.308. The van der Waals surface area contributed by atoms with Gasteiger partial charge in [0.25, 0.3) is 6.43 Å². The van der Waals surface area contributed by atoms with Crippen LogP contribution in [0.2, 0.25) is 0 Å². The van der Waals surface area contributed by atoms with Crippen molar-refractivity contribution in [1.82, 2.24) is 14.3 Å². The molecule has 1 aromatic heterocycles. The highest BCUT2D eigenvalue weighted by molar-refractivity contribution is 7.92. The van der Waals surface area contributed by atoms with Gasteiger partial charge in [-0.1, -0.05) is 0 Å². The monoisotopic (exact) mass is 375 g/mol. The van der Waals surface area contributed by atoms with Crippen molar-refractivity contribution in [2.75, 3.05) is 11.0 Å². The standard InChI is InChI=1S/C13H12F3N5O3S/c1-3-20-12(11(15)16)18-21(13(20)22)10-5-9(19-25(2,23)24)7(6-17)4-8(10)14/h4-5,11,19H,3H2,1-2H3. The minimum atomic E-state index is -3.81. The highest BCUT2D eigenvalue weighted by Crippen LogP contribution is 2.24. The fourth-order valence-electron chi connectivity index (χ4n) is 2.13. The molecule has 12 heteroatoms. The molecule has 0 aliphatic carbocycles. The number of hydrogen-bond donors (Lipinski definition) is 1. The van der Waals surface area contributed by atoms with Gasteiger partial charge in [0.15, 0.2) is 5.82 Å². The molecule has 0 spiro atoms. The van der Waals surface area contributed by atoms with Crippen molar-refractivity contribution in [3.63, 3.8) is 0 Å². The second kappa shape index (κ2) is 6.60. The molecule has 0 radical (unpaired) electrons. The summed E-state index contributed by atoms with van der Waals surface area (Å²) in [5, 5.41) is 12.4. The smallest absolute Gasteiger partial charge is 0.282 e. The van der Waals surface area contributed by atoms with Crippen LogP contribution in [0, 0.1) is 17.1 Å². The van der Waals surface area contributed by atoms with Gasteiger partial charge in [-0.05, 0) is 19.1 Å². The first kappa shape index (κ1) is 18.5. The van der Waals surface area contributed by atoms with E-state index in [-0.39, 0.29) is 17.8 Å². The van der Waals surface area contributed by atoms with Gasteiger partial charge in [-0.25, -0.2) is 26.4 Å². The Kier molecular flexibility index (Phi) is 4.89. The Labute approximate surface area is 140 Å². The molecular formula is C13H12F3N5O3S. The second-order valence-electron chi connectivity index (χ2n) is 4.93. The van der Waals surface area contributed by atoms with E-state index in [1.54, 1.807) is 6.07 Å². The molecular weight excluding hydrogens is 363 g/mol. The van der Waals surface area contributed by atoms with Crippen LogP contribution in [0.25, 0.3) is 5.69 Å². The van der Waals surface area contributed by atoms with Crippen molar-refractivity contribution in [1.29, 1.82) is 5.26 Å². The third-order valence-electron chi connectivity index (χ3n) is 3.13. The lowest BCUT2D eigenvalue weighted by molar-refractivity contribution is 0.134. The van der Waals surface area contributed by atoms with Crippen LogP contribution in [0.3, 0.4) is 0 Å². The molecule has 0 aliphatic rings. The van der Waals surface area contributed by atoms with Gasteiger partial charge in [-0.15, -0.1) is 5.10 Å². The van der Waals surface area contributed by atoms with E-state index in [1.165, 1.54) is 6.92 Å². The number of aromatic nitrogens is 3. The number of anilines is 1. The van der Waals surface area contributed by atoms with E-state index in [4.69, 9.17) is 5.26 Å². The number of sulfonamides is 1. The van der Waals surface area contributed by atoms with Gasteiger partial charge in [0.2, 0.25) is 15.8 Å². The van der Waals surface area contributed by atoms with Crippen molar-refractivity contribution in [2.24, 2.45) is 0 Å². The quantitative estimate of drug-likeness (QED) is 0.849. The van der Waals surface area contributed by atoms with Gasteiger partial charge >= 0.3 is 5.69 Å². The van der Waals surface area contributed by atoms with Crippen molar-refractivity contribution in [3.05, 3.63) is 39.8 Å². The van der Waals surface area contributed by atoms with E-state index >= 15 is 0 Å². The topological polar surface area (TPSA) is 110 Å². The number of halogens is 3. The molecule has 1 aromatic carbocycles. The molecule has 1 heterocycles. The highest BCUT2D eigenvalue weighted by Gasteiger charge is 2.23. The number of nitrogens with zero attached hydrogens (tertiary/aromatic N) is 4. The third-order valence-corrected chi connectivity index (χ3v) is 3.72. The first-order valence-electron chi connectivity index (χ1n) is 6.78. The average Bonchev–Trinajstić information content (AvgIpc) is 2.84. The number of nitrogens with one attached hydrogen (secondary N) is 1. The molecule has 0 fully saturated rings. The molecule has 0 aliphatic heterocycles. The first-order chi connectivity index (χ1) is 11.6. The summed E-state index contributed by atoms with van der Waals surface area (Å²) in [6.45, 7) is 1.32. The molecule has 0 amide bonds. The SMILES string of the molecule is CCn1c(C(F)F)nn(-c2cc(NS(C)(=O)=O)c(C#N)cc2F)c1=O. The molecule has 0 bridgehead atoms. The number of nitriles is 1. The van der Waals surface area contributed by atoms with E-state index in [0.29, 0.717) is 15.3 Å². The number of benzene rings is 1. The summed E-state index contributed by atoms with van der Waals surface area (Å²) in [5.74, 6) is -1.95. The first-order valence-corrected chi connectivity index (χ1v) is 8.68. The van der Waals surface area contributed by atoms with Crippen molar-refractivity contribution in [3.8, 4) is 11.8 Å². The fourth-order valence-corrected chi connectivity index (χ4v) is 2.70. The summed E-state index contributed by atoms with van der Waals surface area (Å²) in [5.41, 5.74) is -2.24. The zero-order valence-corrected chi connectivity index (χ0v) is 13.8. The van der Waals surface area contributed by atoms with Gasteiger partial charge < -0.3 is 0 Å². The maximum absolute atomic E-state index is 14.2. The van der Waals surface area contributed by atoms with Crippen LogP contribution in [0.4, 0.5) is 18.9 Å². The Bertz CT molecular complexity index is 1020. The normalized spacial score (nSPS) is 11.6. The summed E-state index contributed by atoms with van der Waals surface area (Å²) in [6, 6.07) is 3.13. The molecule has 1 N–H and O–H groups in total. The molecule has 2 rings (SSSR count). The van der Waals surface area contributed by atoms with E-state index in [1.807, 2.05) is 4.72 Å². The van der Waals surface area contributed by atoms with Gasteiger partial charge in [-0.3, -0.25) is 9.29 Å². The molecule has 0 unspecified atom stereocenters. The Balaban J connectivity index is 2.74. The Morgan fingerprint density at radius 2 is 2.04 bits per heavy atom. The molecule has 25 heavy (non-hydrogen) atoms. The van der Waals surface area contributed by atoms with Gasteiger partial charge in [0.1, 0.15) is 11.8 Å². The Hall–Kier alpha value is -2.81.